The molecule has 0 bridgehead atoms. The Kier molecular flexibility index (Phi) is 4.68. The van der Waals surface area contributed by atoms with E-state index in [0.717, 1.165) is 5.69 Å². The van der Waals surface area contributed by atoms with Crippen LogP contribution in [0.4, 0.5) is 0 Å². The molecule has 1 aliphatic rings. The van der Waals surface area contributed by atoms with Crippen LogP contribution in [0.2, 0.25) is 0 Å². The second kappa shape index (κ2) is 6.74. The molecule has 2 heterocycles. The average Bonchev–Trinajstić information content (AvgIpc) is 2.93. The molecule has 2 aromatic rings. The maximum Gasteiger partial charge on any atom is 0.246 e. The molecular formula is C16H20N4O3S. The van der Waals surface area contributed by atoms with Crippen molar-refractivity contribution in [3.63, 3.8) is 0 Å². The molecule has 0 radical (unpaired) electrons. The van der Waals surface area contributed by atoms with Crippen LogP contribution in [0, 0.1) is 0 Å². The number of amides is 1. The number of rotatable bonds is 3. The summed E-state index contributed by atoms with van der Waals surface area (Å²) in [5, 5.41) is 4.16. The van der Waals surface area contributed by atoms with Crippen LogP contribution in [-0.4, -0.2) is 59.5 Å². The Morgan fingerprint density at radius 2 is 1.83 bits per heavy atom. The lowest BCUT2D eigenvalue weighted by atomic mass is 10.3. The summed E-state index contributed by atoms with van der Waals surface area (Å²) in [5.41, 5.74) is 0.803. The van der Waals surface area contributed by atoms with Crippen molar-refractivity contribution in [2.45, 2.75) is 18.2 Å². The smallest absolute Gasteiger partial charge is 0.246 e. The third-order valence-corrected chi connectivity index (χ3v) is 5.97. The minimum Gasteiger partial charge on any atom is -0.342 e. The highest BCUT2D eigenvalue weighted by molar-refractivity contribution is 7.89. The van der Waals surface area contributed by atoms with Gasteiger partial charge in [0.15, 0.2) is 0 Å². The molecule has 1 aromatic heterocycles. The Hall–Kier alpha value is -2.19. The molecule has 0 saturated carbocycles. The summed E-state index contributed by atoms with van der Waals surface area (Å²) in [6.07, 6.45) is 3.53. The van der Waals surface area contributed by atoms with E-state index in [2.05, 4.69) is 5.10 Å². The summed E-state index contributed by atoms with van der Waals surface area (Å²) in [6.45, 7) is 3.22. The molecule has 0 unspecified atom stereocenters. The van der Waals surface area contributed by atoms with E-state index in [1.807, 2.05) is 30.3 Å². The van der Waals surface area contributed by atoms with Crippen molar-refractivity contribution < 1.29 is 13.2 Å². The number of nitrogens with zero attached hydrogens (tertiary/aromatic N) is 4. The fraction of sp³-hybridized carbons (Fsp3) is 0.375. The largest absolute Gasteiger partial charge is 0.342 e. The van der Waals surface area contributed by atoms with Crippen molar-refractivity contribution in [3.8, 4) is 5.69 Å². The lowest BCUT2D eigenvalue weighted by molar-refractivity contribution is -0.128. The van der Waals surface area contributed by atoms with Gasteiger partial charge in [0.25, 0.3) is 0 Å². The summed E-state index contributed by atoms with van der Waals surface area (Å²) in [5.74, 6) is -0.0221. The predicted octanol–water partition coefficient (Wildman–Crippen LogP) is 1.12. The van der Waals surface area contributed by atoms with Gasteiger partial charge in [0.1, 0.15) is 4.90 Å². The summed E-state index contributed by atoms with van der Waals surface area (Å²) in [7, 11) is -3.61. The molecule has 7 nitrogen and oxygen atoms in total. The monoisotopic (exact) mass is 348 g/mol. The van der Waals surface area contributed by atoms with Gasteiger partial charge in [-0.15, -0.1) is 0 Å². The van der Waals surface area contributed by atoms with Crippen LogP contribution >= 0.6 is 0 Å². The van der Waals surface area contributed by atoms with Crippen LogP contribution in [0.3, 0.4) is 0 Å². The van der Waals surface area contributed by atoms with Crippen molar-refractivity contribution in [2.75, 3.05) is 26.2 Å². The summed E-state index contributed by atoms with van der Waals surface area (Å²) < 4.78 is 28.6. The highest BCUT2D eigenvalue weighted by atomic mass is 32.2. The molecule has 0 spiro atoms. The Morgan fingerprint density at radius 1 is 1.08 bits per heavy atom. The molecule has 1 aliphatic heterocycles. The third kappa shape index (κ3) is 3.34. The molecule has 0 atom stereocenters. The van der Waals surface area contributed by atoms with Crippen LogP contribution in [-0.2, 0) is 14.8 Å². The van der Waals surface area contributed by atoms with Crippen LogP contribution in [0.25, 0.3) is 5.69 Å². The highest BCUT2D eigenvalue weighted by Crippen LogP contribution is 2.18. The van der Waals surface area contributed by atoms with E-state index in [9.17, 15) is 13.2 Å². The second-order valence-corrected chi connectivity index (χ2v) is 7.66. The minimum atomic E-state index is -3.61. The zero-order chi connectivity index (χ0) is 17.2. The van der Waals surface area contributed by atoms with Gasteiger partial charge in [0, 0.05) is 33.1 Å². The van der Waals surface area contributed by atoms with Crippen LogP contribution in [0.1, 0.15) is 13.3 Å². The van der Waals surface area contributed by atoms with Crippen molar-refractivity contribution in [1.29, 1.82) is 0 Å². The van der Waals surface area contributed by atoms with E-state index in [1.165, 1.54) is 23.6 Å². The number of hydrogen-bond acceptors (Lipinski definition) is 4. The van der Waals surface area contributed by atoms with Crippen molar-refractivity contribution in [3.05, 3.63) is 42.7 Å². The van der Waals surface area contributed by atoms with Gasteiger partial charge in [-0.2, -0.15) is 9.40 Å². The quantitative estimate of drug-likeness (QED) is 0.833. The zero-order valence-electron chi connectivity index (χ0n) is 13.5. The Bertz CT molecular complexity index is 817. The minimum absolute atomic E-state index is 0.0221. The fourth-order valence-electron chi connectivity index (χ4n) is 2.76. The van der Waals surface area contributed by atoms with Crippen LogP contribution in [0.15, 0.2) is 47.6 Å². The van der Waals surface area contributed by atoms with Gasteiger partial charge in [0.2, 0.25) is 15.9 Å². The molecule has 8 heteroatoms. The van der Waals surface area contributed by atoms with E-state index in [0.29, 0.717) is 32.6 Å². The lowest BCUT2D eigenvalue weighted by Crippen LogP contribution is -2.36. The number of carbonyl (C=O) groups is 1. The first-order valence-electron chi connectivity index (χ1n) is 7.84. The Balaban J connectivity index is 1.81. The van der Waals surface area contributed by atoms with E-state index in [4.69, 9.17) is 0 Å². The maximum atomic E-state index is 12.8. The van der Waals surface area contributed by atoms with Gasteiger partial charge in [0.05, 0.1) is 18.1 Å². The van der Waals surface area contributed by atoms with Gasteiger partial charge in [-0.1, -0.05) is 18.2 Å². The number of sulfonamides is 1. The second-order valence-electron chi connectivity index (χ2n) is 5.72. The van der Waals surface area contributed by atoms with Gasteiger partial charge in [-0.25, -0.2) is 13.1 Å². The standard InChI is InChI=1S/C16H20N4O3S/c1-14(21)18-8-5-9-19(11-10-18)24(22,23)16-12-17-20(13-16)15-6-3-2-4-7-15/h2-4,6-7,12-13H,5,8-11H2,1H3. The maximum absolute atomic E-state index is 12.8. The molecule has 1 aromatic carbocycles. The Labute approximate surface area is 141 Å². The molecule has 0 N–H and O–H groups in total. The first-order valence-corrected chi connectivity index (χ1v) is 9.28. The number of benzene rings is 1. The number of carbonyl (C=O) groups excluding carboxylic acids is 1. The van der Waals surface area contributed by atoms with Crippen LogP contribution < -0.4 is 0 Å². The van der Waals surface area contributed by atoms with Gasteiger partial charge < -0.3 is 4.90 Å². The molecule has 0 aliphatic carbocycles. The number of para-hydroxylation sites is 1. The first kappa shape index (κ1) is 16.7. The van der Waals surface area contributed by atoms with Crippen LogP contribution in [0.5, 0.6) is 0 Å². The number of aromatic nitrogens is 2. The summed E-state index contributed by atoms with van der Waals surface area (Å²) >= 11 is 0. The van der Waals surface area contributed by atoms with Gasteiger partial charge in [-0.05, 0) is 18.6 Å². The number of hydrogen-bond donors (Lipinski definition) is 0. The van der Waals surface area contributed by atoms with Crippen molar-refractivity contribution >= 4 is 15.9 Å². The normalized spacial score (nSPS) is 16.8. The van der Waals surface area contributed by atoms with E-state index >= 15 is 0 Å². The van der Waals surface area contributed by atoms with Gasteiger partial charge >= 0.3 is 0 Å². The molecule has 128 valence electrons. The molecule has 24 heavy (non-hydrogen) atoms. The molecule has 1 fully saturated rings. The summed E-state index contributed by atoms with van der Waals surface area (Å²) in [4.78, 5) is 13.3. The van der Waals surface area contributed by atoms with Crippen molar-refractivity contribution in [1.82, 2.24) is 19.0 Å². The first-order chi connectivity index (χ1) is 11.5. The SMILES string of the molecule is CC(=O)N1CCCN(S(=O)(=O)c2cnn(-c3ccccc3)c2)CC1. The van der Waals surface area contributed by atoms with Crippen molar-refractivity contribution in [2.24, 2.45) is 0 Å². The molecule has 3 rings (SSSR count). The topological polar surface area (TPSA) is 75.5 Å². The third-order valence-electron chi connectivity index (χ3n) is 4.12. The average molecular weight is 348 g/mol. The lowest BCUT2D eigenvalue weighted by Gasteiger charge is -2.20. The van der Waals surface area contributed by atoms with E-state index < -0.39 is 10.0 Å². The van der Waals surface area contributed by atoms with E-state index in [1.54, 1.807) is 9.58 Å². The van der Waals surface area contributed by atoms with E-state index in [-0.39, 0.29) is 10.8 Å². The molecular weight excluding hydrogens is 328 g/mol. The Morgan fingerprint density at radius 3 is 2.54 bits per heavy atom. The highest BCUT2D eigenvalue weighted by Gasteiger charge is 2.28. The predicted molar refractivity (Wildman–Crippen MR) is 89.2 cm³/mol. The molecule has 1 amide bonds. The van der Waals surface area contributed by atoms with Gasteiger partial charge in [-0.3, -0.25) is 4.79 Å². The zero-order valence-corrected chi connectivity index (χ0v) is 14.3. The molecule has 1 saturated heterocycles. The fourth-order valence-corrected chi connectivity index (χ4v) is 4.16. The summed E-state index contributed by atoms with van der Waals surface area (Å²) in [6, 6.07) is 9.36.